The number of para-hydroxylation sites is 1. The largest absolute Gasteiger partial charge is 0.288 e. The average Bonchev–Trinajstić information content (AvgIpc) is 3.48. The first-order valence-corrected chi connectivity index (χ1v) is 11.0. The fourth-order valence-electron chi connectivity index (χ4n) is 3.87. The number of anilines is 1. The molecule has 2 heterocycles. The summed E-state index contributed by atoms with van der Waals surface area (Å²) in [6.07, 6.45) is 0. The van der Waals surface area contributed by atoms with E-state index in [-0.39, 0.29) is 28.7 Å². The first-order valence-electron chi connectivity index (χ1n) is 10.1. The molecule has 1 aromatic heterocycles. The summed E-state index contributed by atoms with van der Waals surface area (Å²) >= 11 is 1.31. The molecular weight excluding hydrogens is 418 g/mol. The van der Waals surface area contributed by atoms with Crippen molar-refractivity contribution in [2.45, 2.75) is 0 Å². The fourth-order valence-corrected chi connectivity index (χ4v) is 4.54. The number of carbonyl (C=O) groups excluding carboxylic acids is 3. The standard InChI is InChI=1S/C27H17NO3S/c29-25-20-14-7-8-15-21(20)28(27(31)19-12-5-2-6-13-19)24(25)23(18-10-3-1-4-11-18)26(30)22-16-9-17-32-22/h1-17H/b24-23+. The third-order valence-electron chi connectivity index (χ3n) is 5.32. The van der Waals surface area contributed by atoms with Crippen LogP contribution in [0.4, 0.5) is 5.69 Å². The Hall–Kier alpha value is -4.09. The number of Topliss-reactive ketones (excluding diaryl/α,β-unsaturated/α-hetero) is 2. The molecule has 0 spiro atoms. The second kappa shape index (κ2) is 8.21. The second-order valence-corrected chi connectivity index (χ2v) is 8.20. The van der Waals surface area contributed by atoms with Gasteiger partial charge in [-0.1, -0.05) is 66.7 Å². The number of benzene rings is 3. The molecule has 1 amide bonds. The highest BCUT2D eigenvalue weighted by atomic mass is 32.1. The van der Waals surface area contributed by atoms with E-state index in [1.807, 2.05) is 29.6 Å². The molecule has 3 aromatic carbocycles. The molecule has 0 radical (unpaired) electrons. The van der Waals surface area contributed by atoms with Crippen molar-refractivity contribution in [1.29, 1.82) is 0 Å². The number of amides is 1. The lowest BCUT2D eigenvalue weighted by atomic mass is 9.96. The van der Waals surface area contributed by atoms with Crippen LogP contribution in [0.25, 0.3) is 5.57 Å². The van der Waals surface area contributed by atoms with Crippen molar-refractivity contribution >= 4 is 40.1 Å². The van der Waals surface area contributed by atoms with Crippen molar-refractivity contribution in [2.24, 2.45) is 0 Å². The van der Waals surface area contributed by atoms with Gasteiger partial charge in [0.2, 0.25) is 11.6 Å². The van der Waals surface area contributed by atoms with Crippen LogP contribution in [0.5, 0.6) is 0 Å². The zero-order valence-electron chi connectivity index (χ0n) is 16.9. The molecule has 0 saturated heterocycles. The predicted molar refractivity (Wildman–Crippen MR) is 126 cm³/mol. The van der Waals surface area contributed by atoms with E-state index in [0.29, 0.717) is 27.3 Å². The fraction of sp³-hybridized carbons (Fsp3) is 0. The lowest BCUT2D eigenvalue weighted by molar-refractivity contribution is 0.0972. The highest BCUT2D eigenvalue weighted by Gasteiger charge is 2.40. The van der Waals surface area contributed by atoms with Crippen molar-refractivity contribution in [3.8, 4) is 0 Å². The molecule has 4 aromatic rings. The Labute approximate surface area is 189 Å². The van der Waals surface area contributed by atoms with Crippen LogP contribution in [0.15, 0.2) is 108 Å². The monoisotopic (exact) mass is 435 g/mol. The van der Waals surface area contributed by atoms with Gasteiger partial charge in [0.15, 0.2) is 0 Å². The van der Waals surface area contributed by atoms with E-state index in [4.69, 9.17) is 0 Å². The van der Waals surface area contributed by atoms with Crippen molar-refractivity contribution in [1.82, 2.24) is 0 Å². The Kier molecular flexibility index (Phi) is 5.09. The number of fused-ring (bicyclic) bond motifs is 1. The molecule has 0 unspecified atom stereocenters. The van der Waals surface area contributed by atoms with Crippen LogP contribution in [-0.2, 0) is 0 Å². The lowest BCUT2D eigenvalue weighted by Gasteiger charge is -2.21. The summed E-state index contributed by atoms with van der Waals surface area (Å²) in [6, 6.07) is 28.3. The molecule has 0 aliphatic carbocycles. The molecule has 0 fully saturated rings. The minimum atomic E-state index is -0.355. The number of nitrogens with zero attached hydrogens (tertiary/aromatic N) is 1. The Balaban J connectivity index is 1.80. The maximum Gasteiger partial charge on any atom is 0.263 e. The first-order chi connectivity index (χ1) is 15.7. The zero-order valence-corrected chi connectivity index (χ0v) is 17.7. The van der Waals surface area contributed by atoms with Crippen LogP contribution in [0.2, 0.25) is 0 Å². The molecule has 4 nitrogen and oxygen atoms in total. The molecule has 5 rings (SSSR count). The number of allylic oxidation sites excluding steroid dienone is 2. The van der Waals surface area contributed by atoms with Crippen molar-refractivity contribution in [2.75, 3.05) is 4.90 Å². The molecule has 32 heavy (non-hydrogen) atoms. The van der Waals surface area contributed by atoms with E-state index in [1.54, 1.807) is 72.8 Å². The van der Waals surface area contributed by atoms with Crippen LogP contribution >= 0.6 is 11.3 Å². The number of rotatable bonds is 4. The summed E-state index contributed by atoms with van der Waals surface area (Å²) in [5.41, 5.74) is 2.22. The van der Waals surface area contributed by atoms with E-state index in [2.05, 4.69) is 0 Å². The van der Waals surface area contributed by atoms with Crippen molar-refractivity contribution in [3.63, 3.8) is 0 Å². The smallest absolute Gasteiger partial charge is 0.263 e. The highest BCUT2D eigenvalue weighted by Crippen LogP contribution is 2.40. The summed E-state index contributed by atoms with van der Waals surface area (Å²) in [4.78, 5) is 42.8. The number of hydrogen-bond acceptors (Lipinski definition) is 4. The van der Waals surface area contributed by atoms with Gasteiger partial charge in [-0.05, 0) is 41.3 Å². The molecular formula is C27H17NO3S. The minimum Gasteiger partial charge on any atom is -0.288 e. The normalized spacial score (nSPS) is 14.2. The molecule has 1 aliphatic heterocycles. The van der Waals surface area contributed by atoms with Gasteiger partial charge in [0.25, 0.3) is 5.91 Å². The number of hydrogen-bond donors (Lipinski definition) is 0. The number of thiophene rings is 1. The average molecular weight is 436 g/mol. The van der Waals surface area contributed by atoms with E-state index >= 15 is 0 Å². The predicted octanol–water partition coefficient (Wildman–Crippen LogP) is 5.89. The molecule has 0 N–H and O–H groups in total. The molecule has 154 valence electrons. The zero-order chi connectivity index (χ0) is 22.1. The Morgan fingerprint density at radius 1 is 0.688 bits per heavy atom. The maximum atomic E-state index is 13.7. The minimum absolute atomic E-state index is 0.0876. The summed E-state index contributed by atoms with van der Waals surface area (Å²) in [7, 11) is 0. The summed E-state index contributed by atoms with van der Waals surface area (Å²) in [5, 5.41) is 1.82. The molecule has 0 bridgehead atoms. The van der Waals surface area contributed by atoms with Crippen LogP contribution in [0, 0.1) is 0 Å². The Bertz CT molecular complexity index is 1360. The van der Waals surface area contributed by atoms with Crippen LogP contribution in [0.1, 0.15) is 36.0 Å². The topological polar surface area (TPSA) is 54.5 Å². The third-order valence-corrected chi connectivity index (χ3v) is 6.19. The first kappa shape index (κ1) is 19.8. The van der Waals surface area contributed by atoms with Gasteiger partial charge in [-0.3, -0.25) is 19.3 Å². The van der Waals surface area contributed by atoms with Gasteiger partial charge in [0.05, 0.1) is 16.1 Å². The van der Waals surface area contributed by atoms with Gasteiger partial charge in [0.1, 0.15) is 5.70 Å². The third kappa shape index (κ3) is 3.29. The van der Waals surface area contributed by atoms with Gasteiger partial charge >= 0.3 is 0 Å². The Morgan fingerprint density at radius 3 is 1.97 bits per heavy atom. The van der Waals surface area contributed by atoms with Gasteiger partial charge < -0.3 is 0 Å². The molecule has 1 aliphatic rings. The molecule has 0 atom stereocenters. The van der Waals surface area contributed by atoms with Gasteiger partial charge in [0, 0.05) is 11.1 Å². The van der Waals surface area contributed by atoms with E-state index < -0.39 is 0 Å². The molecule has 0 saturated carbocycles. The number of ketones is 2. The summed E-state index contributed by atoms with van der Waals surface area (Å²) < 4.78 is 0. The van der Waals surface area contributed by atoms with Crippen LogP contribution < -0.4 is 4.90 Å². The number of carbonyl (C=O) groups is 3. The maximum absolute atomic E-state index is 13.7. The van der Waals surface area contributed by atoms with E-state index in [0.717, 1.165) is 0 Å². The second-order valence-electron chi connectivity index (χ2n) is 7.25. The molecule has 5 heteroatoms. The van der Waals surface area contributed by atoms with Crippen molar-refractivity contribution in [3.05, 3.63) is 130 Å². The van der Waals surface area contributed by atoms with Gasteiger partial charge in [-0.2, -0.15) is 0 Å². The van der Waals surface area contributed by atoms with Gasteiger partial charge in [-0.15, -0.1) is 11.3 Å². The SMILES string of the molecule is O=C(/C(=C1\C(=O)c2ccccc2N1C(=O)c1ccccc1)c1ccccc1)c1cccs1. The van der Waals surface area contributed by atoms with E-state index in [1.165, 1.54) is 16.2 Å². The van der Waals surface area contributed by atoms with Crippen molar-refractivity contribution < 1.29 is 14.4 Å². The lowest BCUT2D eigenvalue weighted by Crippen LogP contribution is -2.30. The van der Waals surface area contributed by atoms with Crippen LogP contribution in [0.3, 0.4) is 0 Å². The van der Waals surface area contributed by atoms with Crippen LogP contribution in [-0.4, -0.2) is 17.5 Å². The summed E-state index contributed by atoms with van der Waals surface area (Å²) in [6.45, 7) is 0. The quantitative estimate of drug-likeness (QED) is 0.297. The highest BCUT2D eigenvalue weighted by molar-refractivity contribution is 7.12. The van der Waals surface area contributed by atoms with E-state index in [9.17, 15) is 14.4 Å². The Morgan fingerprint density at radius 2 is 1.31 bits per heavy atom. The summed E-state index contributed by atoms with van der Waals surface area (Å²) in [5.74, 6) is -0.979. The van der Waals surface area contributed by atoms with Gasteiger partial charge in [-0.25, -0.2) is 0 Å².